The number of nitrogens with zero attached hydrogens (tertiary/aromatic N) is 2. The van der Waals surface area contributed by atoms with Crippen molar-refractivity contribution in [3.05, 3.63) is 16.1 Å². The lowest BCUT2D eigenvalue weighted by Gasteiger charge is -2.26. The van der Waals surface area contributed by atoms with Crippen molar-refractivity contribution in [1.82, 2.24) is 9.97 Å². The van der Waals surface area contributed by atoms with Gasteiger partial charge in [-0.3, -0.25) is 0 Å². The molecule has 16 heavy (non-hydrogen) atoms. The van der Waals surface area contributed by atoms with Crippen molar-refractivity contribution in [3.63, 3.8) is 0 Å². The molecular weight excluding hydrogens is 313 g/mol. The van der Waals surface area contributed by atoms with E-state index in [1.807, 2.05) is 6.20 Å². The summed E-state index contributed by atoms with van der Waals surface area (Å²) in [6, 6.07) is 0. The van der Waals surface area contributed by atoms with Crippen LogP contribution in [-0.4, -0.2) is 16.5 Å². The highest BCUT2D eigenvalue weighted by Gasteiger charge is 2.18. The van der Waals surface area contributed by atoms with Crippen LogP contribution in [0.25, 0.3) is 0 Å². The first-order valence-corrected chi connectivity index (χ1v) is 7.03. The molecule has 0 bridgehead atoms. The third-order valence-electron chi connectivity index (χ3n) is 3.36. The smallest absolute Gasteiger partial charge is 0.142 e. The zero-order valence-corrected chi connectivity index (χ0v) is 11.8. The van der Waals surface area contributed by atoms with Crippen LogP contribution in [-0.2, 0) is 0 Å². The molecule has 0 radical (unpaired) electrons. The van der Waals surface area contributed by atoms with Gasteiger partial charge in [0.15, 0.2) is 0 Å². The first-order valence-electron chi connectivity index (χ1n) is 5.95. The largest absolute Gasteiger partial charge is 0.369 e. The SMILES string of the molecule is CC1CCC(CNc2ncncc2I)CC1. The Morgan fingerprint density at radius 3 is 2.81 bits per heavy atom. The van der Waals surface area contributed by atoms with E-state index in [9.17, 15) is 0 Å². The Labute approximate surface area is 111 Å². The van der Waals surface area contributed by atoms with Crippen molar-refractivity contribution < 1.29 is 0 Å². The molecule has 1 saturated carbocycles. The number of halogens is 1. The summed E-state index contributed by atoms with van der Waals surface area (Å²) in [6.45, 7) is 3.41. The van der Waals surface area contributed by atoms with Gasteiger partial charge in [0.1, 0.15) is 12.1 Å². The van der Waals surface area contributed by atoms with Gasteiger partial charge in [-0.05, 0) is 47.3 Å². The Morgan fingerprint density at radius 2 is 2.12 bits per heavy atom. The highest BCUT2D eigenvalue weighted by atomic mass is 127. The van der Waals surface area contributed by atoms with Crippen LogP contribution in [0.4, 0.5) is 5.82 Å². The average molecular weight is 331 g/mol. The van der Waals surface area contributed by atoms with E-state index in [-0.39, 0.29) is 0 Å². The van der Waals surface area contributed by atoms with Crippen molar-refractivity contribution in [2.75, 3.05) is 11.9 Å². The zero-order valence-electron chi connectivity index (χ0n) is 9.62. The number of nitrogens with one attached hydrogen (secondary N) is 1. The van der Waals surface area contributed by atoms with E-state index in [0.717, 1.165) is 27.8 Å². The van der Waals surface area contributed by atoms with Crippen LogP contribution in [0, 0.1) is 15.4 Å². The minimum absolute atomic E-state index is 0.821. The van der Waals surface area contributed by atoms with Gasteiger partial charge in [0, 0.05) is 12.7 Å². The average Bonchev–Trinajstić information content (AvgIpc) is 2.30. The third kappa shape index (κ3) is 3.30. The highest BCUT2D eigenvalue weighted by Crippen LogP contribution is 2.28. The Balaban J connectivity index is 1.81. The van der Waals surface area contributed by atoms with Crippen LogP contribution in [0.15, 0.2) is 12.5 Å². The second-order valence-electron chi connectivity index (χ2n) is 4.73. The van der Waals surface area contributed by atoms with Gasteiger partial charge in [0.05, 0.1) is 3.57 Å². The molecule has 0 saturated heterocycles. The lowest BCUT2D eigenvalue weighted by atomic mass is 9.83. The Kier molecular flexibility index (Phi) is 4.37. The predicted molar refractivity (Wildman–Crippen MR) is 74.4 cm³/mol. The van der Waals surface area contributed by atoms with Crippen LogP contribution >= 0.6 is 22.6 Å². The molecule has 0 aliphatic heterocycles. The monoisotopic (exact) mass is 331 g/mol. The molecule has 0 spiro atoms. The van der Waals surface area contributed by atoms with E-state index < -0.39 is 0 Å². The fourth-order valence-corrected chi connectivity index (χ4v) is 2.71. The first kappa shape index (κ1) is 12.1. The van der Waals surface area contributed by atoms with Crippen LogP contribution in [0.5, 0.6) is 0 Å². The maximum Gasteiger partial charge on any atom is 0.142 e. The van der Waals surface area contributed by atoms with Crippen LogP contribution in [0.2, 0.25) is 0 Å². The first-order chi connectivity index (χ1) is 7.75. The van der Waals surface area contributed by atoms with Crippen molar-refractivity contribution >= 4 is 28.4 Å². The third-order valence-corrected chi connectivity index (χ3v) is 4.15. The van der Waals surface area contributed by atoms with Crippen LogP contribution < -0.4 is 5.32 Å². The lowest BCUT2D eigenvalue weighted by molar-refractivity contribution is 0.300. The molecule has 1 aliphatic carbocycles. The van der Waals surface area contributed by atoms with E-state index in [4.69, 9.17) is 0 Å². The van der Waals surface area contributed by atoms with Crippen molar-refractivity contribution in [2.45, 2.75) is 32.6 Å². The van der Waals surface area contributed by atoms with Crippen molar-refractivity contribution in [2.24, 2.45) is 11.8 Å². The standard InChI is InChI=1S/C12H18IN3/c1-9-2-4-10(5-3-9)6-15-12-11(13)7-14-8-16-12/h7-10H,2-6H2,1H3,(H,14,15,16). The molecule has 1 aromatic heterocycles. The van der Waals surface area contributed by atoms with Gasteiger partial charge in [0.2, 0.25) is 0 Å². The number of hydrogen-bond acceptors (Lipinski definition) is 3. The number of anilines is 1. The summed E-state index contributed by atoms with van der Waals surface area (Å²) in [5.74, 6) is 2.73. The van der Waals surface area contributed by atoms with Crippen molar-refractivity contribution in [3.8, 4) is 0 Å². The predicted octanol–water partition coefficient (Wildman–Crippen LogP) is 3.32. The van der Waals surface area contributed by atoms with E-state index in [0.29, 0.717) is 0 Å². The van der Waals surface area contributed by atoms with Gasteiger partial charge in [0.25, 0.3) is 0 Å². The van der Waals surface area contributed by atoms with Crippen molar-refractivity contribution in [1.29, 1.82) is 0 Å². The Morgan fingerprint density at radius 1 is 1.38 bits per heavy atom. The summed E-state index contributed by atoms with van der Waals surface area (Å²) in [7, 11) is 0. The maximum absolute atomic E-state index is 4.25. The summed E-state index contributed by atoms with van der Waals surface area (Å²) in [6.07, 6.45) is 8.93. The molecule has 0 unspecified atom stereocenters. The van der Waals surface area contributed by atoms with Gasteiger partial charge in [-0.25, -0.2) is 9.97 Å². The summed E-state index contributed by atoms with van der Waals surface area (Å²) in [5.41, 5.74) is 0. The molecule has 3 nitrogen and oxygen atoms in total. The fourth-order valence-electron chi connectivity index (χ4n) is 2.22. The molecule has 0 atom stereocenters. The molecule has 0 amide bonds. The molecule has 4 heteroatoms. The normalized spacial score (nSPS) is 25.4. The van der Waals surface area contributed by atoms with Gasteiger partial charge in [-0.2, -0.15) is 0 Å². The zero-order chi connectivity index (χ0) is 11.4. The minimum Gasteiger partial charge on any atom is -0.369 e. The number of aromatic nitrogens is 2. The summed E-state index contributed by atoms with van der Waals surface area (Å²) >= 11 is 2.27. The summed E-state index contributed by atoms with van der Waals surface area (Å²) in [5, 5.41) is 3.44. The van der Waals surface area contributed by atoms with Gasteiger partial charge >= 0.3 is 0 Å². The molecule has 1 aromatic rings. The quantitative estimate of drug-likeness (QED) is 0.864. The topological polar surface area (TPSA) is 37.8 Å². The molecule has 88 valence electrons. The van der Waals surface area contributed by atoms with Gasteiger partial charge in [-0.1, -0.05) is 19.8 Å². The molecule has 2 rings (SSSR count). The number of hydrogen-bond donors (Lipinski definition) is 1. The van der Waals surface area contributed by atoms with Crippen LogP contribution in [0.1, 0.15) is 32.6 Å². The highest BCUT2D eigenvalue weighted by molar-refractivity contribution is 14.1. The molecule has 1 aliphatic rings. The molecule has 0 aromatic carbocycles. The molecule has 1 fully saturated rings. The summed E-state index contributed by atoms with van der Waals surface area (Å²) in [4.78, 5) is 8.24. The van der Waals surface area contributed by atoms with Crippen LogP contribution in [0.3, 0.4) is 0 Å². The molecular formula is C12H18IN3. The fraction of sp³-hybridized carbons (Fsp3) is 0.667. The Hall–Kier alpha value is -0.390. The maximum atomic E-state index is 4.25. The van der Waals surface area contributed by atoms with E-state index in [2.05, 4.69) is 44.8 Å². The van der Waals surface area contributed by atoms with E-state index in [1.54, 1.807) is 6.33 Å². The van der Waals surface area contributed by atoms with Gasteiger partial charge < -0.3 is 5.32 Å². The second-order valence-corrected chi connectivity index (χ2v) is 5.89. The summed E-state index contributed by atoms with van der Waals surface area (Å²) < 4.78 is 1.10. The van der Waals surface area contributed by atoms with E-state index in [1.165, 1.54) is 25.7 Å². The lowest BCUT2D eigenvalue weighted by Crippen LogP contribution is -2.20. The van der Waals surface area contributed by atoms with Gasteiger partial charge in [-0.15, -0.1) is 0 Å². The van der Waals surface area contributed by atoms with E-state index >= 15 is 0 Å². The minimum atomic E-state index is 0.821. The number of rotatable bonds is 3. The Bertz CT molecular complexity index is 335. The molecule has 1 N–H and O–H groups in total. The molecule has 1 heterocycles. The second kappa shape index (κ2) is 5.80.